The van der Waals surface area contributed by atoms with Crippen LogP contribution in [0.5, 0.6) is 0 Å². The lowest BCUT2D eigenvalue weighted by Gasteiger charge is -1.85. The van der Waals surface area contributed by atoms with Crippen LogP contribution in [0.1, 0.15) is 12.5 Å². The summed E-state index contributed by atoms with van der Waals surface area (Å²) < 4.78 is 7.88. The van der Waals surface area contributed by atoms with Crippen LogP contribution in [0.15, 0.2) is 40.9 Å². The summed E-state index contributed by atoms with van der Waals surface area (Å²) in [6.07, 6.45) is 3.08. The molecule has 0 spiro atoms. The van der Waals surface area contributed by atoms with Crippen molar-refractivity contribution in [2.75, 3.05) is 0 Å². The van der Waals surface area contributed by atoms with E-state index in [-0.39, 0.29) is 0 Å². The Morgan fingerprint density at radius 2 is 2.07 bits per heavy atom. The van der Waals surface area contributed by atoms with E-state index in [0.29, 0.717) is 0 Å². The van der Waals surface area contributed by atoms with Crippen LogP contribution in [-0.2, 0) is 6.42 Å². The molecule has 0 radical (unpaired) electrons. The van der Waals surface area contributed by atoms with Gasteiger partial charge in [-0.1, -0.05) is 19.1 Å². The first kappa shape index (κ1) is 7.68. The van der Waals surface area contributed by atoms with Gasteiger partial charge < -0.3 is 4.42 Å². The van der Waals surface area contributed by atoms with Gasteiger partial charge >= 0.3 is 0 Å². The van der Waals surface area contributed by atoms with E-state index in [4.69, 9.17) is 4.42 Å². The lowest BCUT2D eigenvalue weighted by Crippen LogP contribution is -1.76. The fourth-order valence-corrected chi connectivity index (χ4v) is 1.88. The summed E-state index contributed by atoms with van der Waals surface area (Å²) in [4.78, 5) is 0. The van der Waals surface area contributed by atoms with Gasteiger partial charge in [-0.2, -0.15) is 0 Å². The van der Waals surface area contributed by atoms with E-state index in [9.17, 15) is 0 Å². The van der Waals surface area contributed by atoms with Crippen molar-refractivity contribution in [1.82, 2.24) is 4.40 Å². The van der Waals surface area contributed by atoms with Gasteiger partial charge in [-0.15, -0.1) is 0 Å². The number of hydrogen-bond donors (Lipinski definition) is 0. The molecule has 0 amide bonds. The van der Waals surface area contributed by atoms with E-state index in [2.05, 4.69) is 29.7 Å². The van der Waals surface area contributed by atoms with Crippen molar-refractivity contribution >= 4 is 16.8 Å². The van der Waals surface area contributed by atoms with Crippen LogP contribution in [0.3, 0.4) is 0 Å². The van der Waals surface area contributed by atoms with Crippen LogP contribution in [-0.4, -0.2) is 4.40 Å². The maximum Gasteiger partial charge on any atom is 0.208 e. The summed E-state index contributed by atoms with van der Waals surface area (Å²) in [5, 5.41) is 0. The predicted octanol–water partition coefficient (Wildman–Crippen LogP) is 3.25. The van der Waals surface area contributed by atoms with Gasteiger partial charge in [0, 0.05) is 11.8 Å². The Bertz CT molecular complexity index is 588. The van der Waals surface area contributed by atoms with Crippen LogP contribution in [0.4, 0.5) is 0 Å². The van der Waals surface area contributed by atoms with Gasteiger partial charge in [0.15, 0.2) is 5.58 Å². The van der Waals surface area contributed by atoms with Gasteiger partial charge in [0.05, 0.1) is 5.52 Å². The van der Waals surface area contributed by atoms with Crippen molar-refractivity contribution in [2.24, 2.45) is 0 Å². The summed E-state index contributed by atoms with van der Waals surface area (Å²) in [6, 6.07) is 10.2. The maximum absolute atomic E-state index is 5.78. The lowest BCUT2D eigenvalue weighted by molar-refractivity contribution is 0.651. The van der Waals surface area contributed by atoms with Crippen LogP contribution < -0.4 is 0 Å². The monoisotopic (exact) mass is 185 g/mol. The average molecular weight is 185 g/mol. The minimum atomic E-state index is 0.956. The number of para-hydroxylation sites is 2. The zero-order valence-electron chi connectivity index (χ0n) is 8.03. The van der Waals surface area contributed by atoms with Gasteiger partial charge in [-0.05, 0) is 24.6 Å². The number of aryl methyl sites for hydroxylation is 1. The third-order valence-corrected chi connectivity index (χ3v) is 2.63. The molecule has 0 fully saturated rings. The molecule has 70 valence electrons. The largest absolute Gasteiger partial charge is 0.438 e. The molecule has 3 aromatic rings. The number of hydrogen-bond acceptors (Lipinski definition) is 1. The van der Waals surface area contributed by atoms with E-state index in [1.165, 1.54) is 5.56 Å². The first-order chi connectivity index (χ1) is 6.90. The highest BCUT2D eigenvalue weighted by molar-refractivity contribution is 5.78. The summed E-state index contributed by atoms with van der Waals surface area (Å²) >= 11 is 0. The van der Waals surface area contributed by atoms with Gasteiger partial charge in [0.2, 0.25) is 5.71 Å². The topological polar surface area (TPSA) is 17.6 Å². The Labute approximate surface area is 81.8 Å². The fraction of sp³-hybridized carbons (Fsp3) is 0.167. The van der Waals surface area contributed by atoms with Gasteiger partial charge in [0.25, 0.3) is 0 Å². The van der Waals surface area contributed by atoms with Crippen LogP contribution >= 0.6 is 0 Å². The second kappa shape index (κ2) is 2.64. The molecule has 14 heavy (non-hydrogen) atoms. The molecule has 0 aliphatic heterocycles. The maximum atomic E-state index is 5.78. The summed E-state index contributed by atoms with van der Waals surface area (Å²) in [6.45, 7) is 2.14. The normalized spacial score (nSPS) is 11.5. The van der Waals surface area contributed by atoms with E-state index in [1.807, 2.05) is 18.2 Å². The lowest BCUT2D eigenvalue weighted by atomic mass is 10.3. The highest BCUT2D eigenvalue weighted by Gasteiger charge is 2.08. The summed E-state index contributed by atoms with van der Waals surface area (Å²) in [7, 11) is 0. The van der Waals surface area contributed by atoms with Crippen molar-refractivity contribution in [2.45, 2.75) is 13.3 Å². The van der Waals surface area contributed by atoms with Crippen molar-refractivity contribution in [3.8, 4) is 0 Å². The molecule has 0 aliphatic carbocycles. The number of nitrogens with zero attached hydrogens (tertiary/aromatic N) is 1. The number of rotatable bonds is 1. The van der Waals surface area contributed by atoms with Crippen LogP contribution in [0.2, 0.25) is 0 Å². The number of oxazole rings is 1. The number of aromatic nitrogens is 1. The Morgan fingerprint density at radius 3 is 2.93 bits per heavy atom. The molecule has 2 aromatic heterocycles. The molecular formula is C12H11NO. The molecule has 2 heteroatoms. The molecule has 0 unspecified atom stereocenters. The van der Waals surface area contributed by atoms with Gasteiger partial charge in [-0.25, -0.2) is 0 Å². The van der Waals surface area contributed by atoms with Crippen molar-refractivity contribution in [1.29, 1.82) is 0 Å². The molecule has 1 aromatic carbocycles. The standard InChI is InChI=1S/C12H11NO/c1-2-9-7-8-13-10-5-3-4-6-11(10)14-12(9)13/h3-8H,2H2,1H3. The fourth-order valence-electron chi connectivity index (χ4n) is 1.88. The average Bonchev–Trinajstić information content (AvgIpc) is 2.75. The summed E-state index contributed by atoms with van der Waals surface area (Å²) in [5.74, 6) is 0. The molecule has 2 heterocycles. The van der Waals surface area contributed by atoms with E-state index >= 15 is 0 Å². The minimum Gasteiger partial charge on any atom is -0.438 e. The Morgan fingerprint density at radius 1 is 1.21 bits per heavy atom. The van der Waals surface area contributed by atoms with Gasteiger partial charge in [-0.3, -0.25) is 4.40 Å². The van der Waals surface area contributed by atoms with E-state index < -0.39 is 0 Å². The minimum absolute atomic E-state index is 0.956. The predicted molar refractivity (Wildman–Crippen MR) is 56.5 cm³/mol. The zero-order chi connectivity index (χ0) is 9.54. The second-order valence-corrected chi connectivity index (χ2v) is 3.44. The molecule has 0 N–H and O–H groups in total. The third kappa shape index (κ3) is 0.854. The SMILES string of the molecule is CCc1ccn2c1oc1ccccc12. The van der Waals surface area contributed by atoms with Crippen LogP contribution in [0, 0.1) is 0 Å². The summed E-state index contributed by atoms with van der Waals surface area (Å²) in [5.41, 5.74) is 4.34. The molecule has 3 rings (SSSR count). The number of benzene rings is 1. The molecular weight excluding hydrogens is 174 g/mol. The molecule has 0 saturated heterocycles. The van der Waals surface area contributed by atoms with E-state index in [0.717, 1.165) is 23.2 Å². The molecule has 2 nitrogen and oxygen atoms in total. The molecule has 0 bridgehead atoms. The van der Waals surface area contributed by atoms with Crippen LogP contribution in [0.25, 0.3) is 16.8 Å². The quantitative estimate of drug-likeness (QED) is 0.569. The Balaban J connectivity index is 2.51. The van der Waals surface area contributed by atoms with Crippen molar-refractivity contribution < 1.29 is 4.42 Å². The highest BCUT2D eigenvalue weighted by Crippen LogP contribution is 2.23. The molecule has 0 atom stereocenters. The first-order valence-corrected chi connectivity index (χ1v) is 4.87. The Kier molecular flexibility index (Phi) is 1.45. The molecule has 0 aliphatic rings. The Hall–Kier alpha value is -1.70. The highest BCUT2D eigenvalue weighted by atomic mass is 16.3. The smallest absolute Gasteiger partial charge is 0.208 e. The molecule has 0 saturated carbocycles. The van der Waals surface area contributed by atoms with Crippen molar-refractivity contribution in [3.63, 3.8) is 0 Å². The first-order valence-electron chi connectivity index (χ1n) is 4.87. The second-order valence-electron chi connectivity index (χ2n) is 3.44. The third-order valence-electron chi connectivity index (χ3n) is 2.63. The zero-order valence-corrected chi connectivity index (χ0v) is 8.03. The van der Waals surface area contributed by atoms with E-state index in [1.54, 1.807) is 0 Å². The van der Waals surface area contributed by atoms with Crippen molar-refractivity contribution in [3.05, 3.63) is 42.1 Å². The number of fused-ring (bicyclic) bond motifs is 3. The van der Waals surface area contributed by atoms with Gasteiger partial charge in [0.1, 0.15) is 0 Å².